The molecule has 1 aromatic carbocycles. The molecule has 34 heavy (non-hydrogen) atoms. The first kappa shape index (κ1) is 23.7. The van der Waals surface area contributed by atoms with Crippen LogP contribution in [0.5, 0.6) is 5.75 Å². The van der Waals surface area contributed by atoms with Gasteiger partial charge in [-0.3, -0.25) is 9.78 Å². The average Bonchev–Trinajstić information content (AvgIpc) is 3.28. The van der Waals surface area contributed by atoms with E-state index >= 15 is 0 Å². The number of pyridine rings is 1. The molecule has 0 unspecified atom stereocenters. The van der Waals surface area contributed by atoms with Gasteiger partial charge in [0.1, 0.15) is 18.0 Å². The van der Waals surface area contributed by atoms with Crippen molar-refractivity contribution in [3.8, 4) is 5.75 Å². The Labute approximate surface area is 199 Å². The third kappa shape index (κ3) is 5.53. The molecule has 1 N–H and O–H groups in total. The molecule has 0 spiro atoms. The normalized spacial score (nSPS) is 15.1. The SMILES string of the molecule is CC(C)(C)OC(=O)c1nc(CC2(c3ccccn3)CCCC2)[nH]c(=O)c1OCc1ccccc1. The molecule has 178 valence electrons. The Kier molecular flexibility index (Phi) is 6.82. The van der Waals surface area contributed by atoms with Crippen LogP contribution in [0.4, 0.5) is 0 Å². The van der Waals surface area contributed by atoms with E-state index in [4.69, 9.17) is 9.47 Å². The zero-order valence-electron chi connectivity index (χ0n) is 20.0. The Morgan fingerprint density at radius 3 is 2.41 bits per heavy atom. The number of hydrogen-bond acceptors (Lipinski definition) is 6. The molecule has 0 bridgehead atoms. The minimum Gasteiger partial charge on any atom is -0.481 e. The molecule has 0 radical (unpaired) electrons. The Bertz CT molecular complexity index is 1180. The van der Waals surface area contributed by atoms with Crippen LogP contribution in [-0.4, -0.2) is 26.5 Å². The van der Waals surface area contributed by atoms with E-state index in [0.29, 0.717) is 12.2 Å². The van der Waals surface area contributed by atoms with E-state index in [9.17, 15) is 9.59 Å². The third-order valence-corrected chi connectivity index (χ3v) is 6.02. The summed E-state index contributed by atoms with van der Waals surface area (Å²) in [6.07, 6.45) is 6.33. The molecular weight excluding hydrogens is 430 g/mol. The molecule has 3 aromatic rings. The lowest BCUT2D eigenvalue weighted by atomic mass is 9.79. The maximum Gasteiger partial charge on any atom is 0.361 e. The van der Waals surface area contributed by atoms with Crippen LogP contribution in [0, 0.1) is 0 Å². The van der Waals surface area contributed by atoms with Crippen molar-refractivity contribution in [3.05, 3.63) is 87.9 Å². The summed E-state index contributed by atoms with van der Waals surface area (Å²) in [6.45, 7) is 5.47. The van der Waals surface area contributed by atoms with Crippen molar-refractivity contribution in [1.82, 2.24) is 15.0 Å². The quantitative estimate of drug-likeness (QED) is 0.510. The van der Waals surface area contributed by atoms with Gasteiger partial charge in [-0.05, 0) is 51.3 Å². The molecule has 2 heterocycles. The molecule has 7 heteroatoms. The van der Waals surface area contributed by atoms with Crippen LogP contribution in [0.15, 0.2) is 59.5 Å². The van der Waals surface area contributed by atoms with Gasteiger partial charge < -0.3 is 14.5 Å². The van der Waals surface area contributed by atoms with Crippen molar-refractivity contribution < 1.29 is 14.3 Å². The maximum absolute atomic E-state index is 13.1. The van der Waals surface area contributed by atoms with Crippen molar-refractivity contribution in [2.24, 2.45) is 0 Å². The van der Waals surface area contributed by atoms with E-state index in [1.165, 1.54) is 0 Å². The number of aromatic nitrogens is 3. The Hall–Kier alpha value is -3.48. The molecule has 0 atom stereocenters. The zero-order chi connectivity index (χ0) is 24.2. The van der Waals surface area contributed by atoms with E-state index < -0.39 is 17.1 Å². The van der Waals surface area contributed by atoms with Gasteiger partial charge in [0.25, 0.3) is 5.56 Å². The molecule has 0 aliphatic heterocycles. The number of hydrogen-bond donors (Lipinski definition) is 1. The Balaban J connectivity index is 1.70. The van der Waals surface area contributed by atoms with Crippen LogP contribution >= 0.6 is 0 Å². The Morgan fingerprint density at radius 1 is 1.06 bits per heavy atom. The number of nitrogens with one attached hydrogen (secondary N) is 1. The number of benzene rings is 1. The molecule has 1 fully saturated rings. The van der Waals surface area contributed by atoms with Crippen molar-refractivity contribution in [2.45, 2.75) is 70.5 Å². The van der Waals surface area contributed by atoms with Gasteiger partial charge in [0, 0.05) is 23.7 Å². The number of rotatable bonds is 7. The lowest BCUT2D eigenvalue weighted by Crippen LogP contribution is -2.31. The second kappa shape index (κ2) is 9.79. The number of carbonyl (C=O) groups is 1. The van der Waals surface area contributed by atoms with E-state index in [1.54, 1.807) is 27.0 Å². The largest absolute Gasteiger partial charge is 0.481 e. The van der Waals surface area contributed by atoms with E-state index in [0.717, 1.165) is 36.9 Å². The molecule has 1 saturated carbocycles. The predicted octanol–water partition coefficient (Wildman–Crippen LogP) is 4.75. The van der Waals surface area contributed by atoms with E-state index in [-0.39, 0.29) is 23.5 Å². The van der Waals surface area contributed by atoms with Gasteiger partial charge in [-0.1, -0.05) is 49.2 Å². The first-order valence-corrected chi connectivity index (χ1v) is 11.7. The summed E-state index contributed by atoms with van der Waals surface area (Å²) in [6, 6.07) is 15.3. The van der Waals surface area contributed by atoms with Crippen LogP contribution < -0.4 is 10.3 Å². The lowest BCUT2D eigenvalue weighted by Gasteiger charge is -2.28. The predicted molar refractivity (Wildman–Crippen MR) is 129 cm³/mol. The second-order valence-corrected chi connectivity index (χ2v) is 9.85. The van der Waals surface area contributed by atoms with Gasteiger partial charge in [-0.25, -0.2) is 9.78 Å². The highest BCUT2D eigenvalue weighted by Gasteiger charge is 2.38. The molecule has 0 amide bonds. The molecule has 0 saturated heterocycles. The summed E-state index contributed by atoms with van der Waals surface area (Å²) in [4.78, 5) is 38.2. The van der Waals surface area contributed by atoms with Gasteiger partial charge in [-0.15, -0.1) is 0 Å². The number of esters is 1. The van der Waals surface area contributed by atoms with E-state index in [2.05, 4.69) is 15.0 Å². The monoisotopic (exact) mass is 461 g/mol. The van der Waals surface area contributed by atoms with Crippen LogP contribution in [0.25, 0.3) is 0 Å². The van der Waals surface area contributed by atoms with Crippen LogP contribution in [0.2, 0.25) is 0 Å². The van der Waals surface area contributed by atoms with Gasteiger partial charge in [-0.2, -0.15) is 0 Å². The van der Waals surface area contributed by atoms with Crippen LogP contribution in [-0.2, 0) is 23.2 Å². The summed E-state index contributed by atoms with van der Waals surface area (Å²) >= 11 is 0. The zero-order valence-corrected chi connectivity index (χ0v) is 20.0. The number of H-pyrrole nitrogens is 1. The fourth-order valence-corrected chi connectivity index (χ4v) is 4.49. The summed E-state index contributed by atoms with van der Waals surface area (Å²) in [5.41, 5.74) is 0.308. The summed E-state index contributed by atoms with van der Waals surface area (Å²) < 4.78 is 11.4. The molecule has 2 aromatic heterocycles. The van der Waals surface area contributed by atoms with Crippen molar-refractivity contribution in [1.29, 1.82) is 0 Å². The van der Waals surface area contributed by atoms with Crippen molar-refractivity contribution >= 4 is 5.97 Å². The molecular formula is C27H31N3O4. The minimum atomic E-state index is -0.737. The fraction of sp³-hybridized carbons (Fsp3) is 0.407. The van der Waals surface area contributed by atoms with E-state index in [1.807, 2.05) is 48.5 Å². The topological polar surface area (TPSA) is 94.2 Å². The maximum atomic E-state index is 13.1. The van der Waals surface area contributed by atoms with Gasteiger partial charge in [0.15, 0.2) is 5.69 Å². The standard InChI is InChI=1S/C27H31N3O4/c1-26(2,3)34-25(32)22-23(33-18-19-11-5-4-6-12-19)24(31)30-21(29-22)17-27(14-8-9-15-27)20-13-7-10-16-28-20/h4-7,10-13,16H,8-9,14-15,17-18H2,1-3H3,(H,29,30,31). The number of carbonyl (C=O) groups excluding carboxylic acids is 1. The lowest BCUT2D eigenvalue weighted by molar-refractivity contribution is 0.00571. The average molecular weight is 462 g/mol. The van der Waals surface area contributed by atoms with Crippen LogP contribution in [0.3, 0.4) is 0 Å². The van der Waals surface area contributed by atoms with Gasteiger partial charge in [0.05, 0.1) is 0 Å². The number of aromatic amines is 1. The summed E-state index contributed by atoms with van der Waals surface area (Å²) in [5, 5.41) is 0. The first-order chi connectivity index (χ1) is 16.3. The fourth-order valence-electron chi connectivity index (χ4n) is 4.49. The summed E-state index contributed by atoms with van der Waals surface area (Å²) in [7, 11) is 0. The number of nitrogens with zero attached hydrogens (tertiary/aromatic N) is 2. The highest BCUT2D eigenvalue weighted by molar-refractivity contribution is 5.90. The first-order valence-electron chi connectivity index (χ1n) is 11.7. The third-order valence-electron chi connectivity index (χ3n) is 6.02. The second-order valence-electron chi connectivity index (χ2n) is 9.85. The van der Waals surface area contributed by atoms with Crippen molar-refractivity contribution in [3.63, 3.8) is 0 Å². The molecule has 1 aliphatic carbocycles. The smallest absolute Gasteiger partial charge is 0.361 e. The van der Waals surface area contributed by atoms with Crippen molar-refractivity contribution in [2.75, 3.05) is 0 Å². The highest BCUT2D eigenvalue weighted by atomic mass is 16.6. The number of ether oxygens (including phenoxy) is 2. The summed E-state index contributed by atoms with van der Waals surface area (Å²) in [5.74, 6) is -0.369. The molecule has 1 aliphatic rings. The molecule has 7 nitrogen and oxygen atoms in total. The van der Waals surface area contributed by atoms with Gasteiger partial charge >= 0.3 is 5.97 Å². The van der Waals surface area contributed by atoms with Gasteiger partial charge in [0.2, 0.25) is 5.75 Å². The molecule has 4 rings (SSSR count). The minimum absolute atomic E-state index is 0.0984. The van der Waals surface area contributed by atoms with Crippen LogP contribution in [0.1, 0.15) is 74.0 Å². The Morgan fingerprint density at radius 2 is 1.76 bits per heavy atom. The highest BCUT2D eigenvalue weighted by Crippen LogP contribution is 2.42.